The maximum absolute atomic E-state index is 12.4. The fourth-order valence-corrected chi connectivity index (χ4v) is 2.73. The number of aryl methyl sites for hydroxylation is 1. The van der Waals surface area contributed by atoms with E-state index in [4.69, 9.17) is 4.42 Å². The van der Waals surface area contributed by atoms with Crippen LogP contribution in [0.4, 0.5) is 11.4 Å². The quantitative estimate of drug-likeness (QED) is 0.516. The van der Waals surface area contributed by atoms with Crippen molar-refractivity contribution in [2.75, 3.05) is 10.8 Å². The number of benzene rings is 2. The predicted octanol–water partition coefficient (Wildman–Crippen LogP) is 3.59. The Labute approximate surface area is 150 Å². The molecule has 6 nitrogen and oxygen atoms in total. The number of para-hydroxylation sites is 2. The predicted molar refractivity (Wildman–Crippen MR) is 97.6 cm³/mol. The Kier molecular flexibility index (Phi) is 5.69. The van der Waals surface area contributed by atoms with Crippen LogP contribution < -0.4 is 10.4 Å². The van der Waals surface area contributed by atoms with Crippen molar-refractivity contribution in [3.8, 4) is 0 Å². The summed E-state index contributed by atoms with van der Waals surface area (Å²) in [4.78, 5) is 12.4. The molecule has 3 rings (SSSR count). The summed E-state index contributed by atoms with van der Waals surface area (Å²) in [5, 5.41) is 9.96. The van der Waals surface area contributed by atoms with Crippen molar-refractivity contribution in [2.24, 2.45) is 0 Å². The first-order chi connectivity index (χ1) is 12.3. The largest absolute Gasteiger partial charge is 0.416 e. The Morgan fingerprint density at radius 3 is 2.16 bits per heavy atom. The summed E-state index contributed by atoms with van der Waals surface area (Å²) in [6, 6.07) is 19.3. The van der Waals surface area contributed by atoms with Gasteiger partial charge in [0.25, 0.3) is 5.22 Å². The Morgan fingerprint density at radius 1 is 1.04 bits per heavy atom. The fourth-order valence-electron chi connectivity index (χ4n) is 2.16. The highest BCUT2D eigenvalue weighted by Gasteiger charge is 2.14. The third kappa shape index (κ3) is 4.60. The number of nitrogens with zero attached hydrogens (tertiary/aromatic N) is 3. The van der Waals surface area contributed by atoms with Crippen LogP contribution in [-0.4, -0.2) is 21.9 Å². The summed E-state index contributed by atoms with van der Waals surface area (Å²) >= 11 is 1.22. The van der Waals surface area contributed by atoms with Crippen LogP contribution in [-0.2, 0) is 11.2 Å². The first-order valence-corrected chi connectivity index (χ1v) is 8.89. The maximum atomic E-state index is 12.4. The second kappa shape index (κ2) is 8.34. The van der Waals surface area contributed by atoms with Gasteiger partial charge in [-0.05, 0) is 24.3 Å². The summed E-state index contributed by atoms with van der Waals surface area (Å²) in [6.07, 6.45) is 0.676. The summed E-state index contributed by atoms with van der Waals surface area (Å²) in [5.74, 6) is 0.591. The molecule has 0 aliphatic heterocycles. The van der Waals surface area contributed by atoms with Gasteiger partial charge in [0.15, 0.2) is 0 Å². The van der Waals surface area contributed by atoms with E-state index in [0.29, 0.717) is 17.5 Å². The van der Waals surface area contributed by atoms with Crippen LogP contribution in [0, 0.1) is 0 Å². The van der Waals surface area contributed by atoms with Gasteiger partial charge in [-0.25, -0.2) is 0 Å². The van der Waals surface area contributed by atoms with E-state index in [9.17, 15) is 4.79 Å². The molecule has 0 radical (unpaired) electrons. The Bertz CT molecular complexity index is 769. The molecule has 0 aliphatic carbocycles. The molecule has 3 aromatic rings. The standard InChI is InChI=1S/C18H18N4O2S/c1-2-17-19-20-18(24-17)25-13-16(23)21-22(14-9-5-3-6-10-14)15-11-7-4-8-12-15/h3-12H,2,13H2,1H3,(H,21,23). The monoisotopic (exact) mass is 354 g/mol. The second-order valence-corrected chi connectivity index (χ2v) is 6.07. The van der Waals surface area contributed by atoms with Crippen molar-refractivity contribution in [3.63, 3.8) is 0 Å². The molecule has 0 spiro atoms. The van der Waals surface area contributed by atoms with Gasteiger partial charge in [0.1, 0.15) is 0 Å². The zero-order valence-corrected chi connectivity index (χ0v) is 14.6. The molecule has 1 N–H and O–H groups in total. The number of hydrogen-bond acceptors (Lipinski definition) is 6. The summed E-state index contributed by atoms with van der Waals surface area (Å²) in [7, 11) is 0. The van der Waals surface area contributed by atoms with Crippen LogP contribution in [0.1, 0.15) is 12.8 Å². The third-order valence-electron chi connectivity index (χ3n) is 3.34. The van der Waals surface area contributed by atoms with Gasteiger partial charge in [-0.2, -0.15) is 0 Å². The zero-order chi connectivity index (χ0) is 17.5. The van der Waals surface area contributed by atoms with E-state index >= 15 is 0 Å². The molecule has 1 heterocycles. The molecule has 0 aliphatic rings. The van der Waals surface area contributed by atoms with Crippen LogP contribution in [0.3, 0.4) is 0 Å². The molecular formula is C18H18N4O2S. The number of thioether (sulfide) groups is 1. The van der Waals surface area contributed by atoms with Crippen molar-refractivity contribution < 1.29 is 9.21 Å². The highest BCUT2D eigenvalue weighted by Crippen LogP contribution is 2.23. The second-order valence-electron chi connectivity index (χ2n) is 5.15. The first-order valence-electron chi connectivity index (χ1n) is 7.91. The van der Waals surface area contributed by atoms with E-state index in [-0.39, 0.29) is 11.7 Å². The minimum absolute atomic E-state index is 0.158. The maximum Gasteiger partial charge on any atom is 0.277 e. The van der Waals surface area contributed by atoms with Crippen molar-refractivity contribution in [1.82, 2.24) is 15.6 Å². The Hall–Kier alpha value is -2.80. The number of hydrazine groups is 1. The third-order valence-corrected chi connectivity index (χ3v) is 4.16. The van der Waals surface area contributed by atoms with Gasteiger partial charge in [0.2, 0.25) is 11.8 Å². The molecular weight excluding hydrogens is 336 g/mol. The van der Waals surface area contributed by atoms with Crippen molar-refractivity contribution in [1.29, 1.82) is 0 Å². The fraction of sp³-hybridized carbons (Fsp3) is 0.167. The van der Waals surface area contributed by atoms with E-state index in [2.05, 4.69) is 15.6 Å². The van der Waals surface area contributed by atoms with Gasteiger partial charge in [-0.3, -0.25) is 15.2 Å². The molecule has 7 heteroatoms. The normalized spacial score (nSPS) is 10.4. The van der Waals surface area contributed by atoms with Gasteiger partial charge < -0.3 is 4.42 Å². The smallest absolute Gasteiger partial charge is 0.277 e. The van der Waals surface area contributed by atoms with E-state index in [1.165, 1.54) is 11.8 Å². The van der Waals surface area contributed by atoms with Gasteiger partial charge in [0.05, 0.1) is 17.1 Å². The number of carbonyl (C=O) groups is 1. The van der Waals surface area contributed by atoms with Crippen molar-refractivity contribution >= 4 is 29.0 Å². The molecule has 0 bridgehead atoms. The summed E-state index contributed by atoms with van der Waals surface area (Å²) in [5.41, 5.74) is 4.67. The van der Waals surface area contributed by atoms with Gasteiger partial charge in [-0.1, -0.05) is 55.1 Å². The number of amides is 1. The lowest BCUT2D eigenvalue weighted by molar-refractivity contribution is -0.118. The Morgan fingerprint density at radius 2 is 1.64 bits per heavy atom. The molecule has 0 unspecified atom stereocenters. The van der Waals surface area contributed by atoms with Crippen LogP contribution >= 0.6 is 11.8 Å². The molecule has 0 atom stereocenters. The average Bonchev–Trinajstić information content (AvgIpc) is 3.14. The van der Waals surface area contributed by atoms with Crippen LogP contribution in [0.5, 0.6) is 0 Å². The lowest BCUT2D eigenvalue weighted by Gasteiger charge is -2.25. The number of rotatable bonds is 7. The van der Waals surface area contributed by atoms with Crippen LogP contribution in [0.15, 0.2) is 70.3 Å². The molecule has 2 aromatic carbocycles. The average molecular weight is 354 g/mol. The SMILES string of the molecule is CCc1nnc(SCC(=O)NN(c2ccccc2)c2ccccc2)o1. The molecule has 128 valence electrons. The lowest BCUT2D eigenvalue weighted by atomic mass is 10.2. The topological polar surface area (TPSA) is 71.3 Å². The highest BCUT2D eigenvalue weighted by molar-refractivity contribution is 7.99. The van der Waals surface area contributed by atoms with Crippen molar-refractivity contribution in [2.45, 2.75) is 18.6 Å². The molecule has 0 saturated carbocycles. The van der Waals surface area contributed by atoms with Gasteiger partial charge in [-0.15, -0.1) is 10.2 Å². The number of anilines is 2. The first kappa shape index (κ1) is 17.0. The minimum atomic E-state index is -0.158. The molecule has 0 fully saturated rings. The Balaban J connectivity index is 1.68. The minimum Gasteiger partial charge on any atom is -0.416 e. The molecule has 25 heavy (non-hydrogen) atoms. The van der Waals surface area contributed by atoms with E-state index in [1.807, 2.05) is 67.6 Å². The summed E-state index contributed by atoms with van der Waals surface area (Å²) in [6.45, 7) is 1.94. The number of hydrogen-bond donors (Lipinski definition) is 1. The van der Waals surface area contributed by atoms with E-state index in [0.717, 1.165) is 11.4 Å². The molecule has 1 aromatic heterocycles. The summed E-state index contributed by atoms with van der Waals surface area (Å²) < 4.78 is 5.40. The van der Waals surface area contributed by atoms with Gasteiger partial charge in [0, 0.05) is 6.42 Å². The van der Waals surface area contributed by atoms with Crippen LogP contribution in [0.25, 0.3) is 0 Å². The van der Waals surface area contributed by atoms with Gasteiger partial charge >= 0.3 is 0 Å². The number of nitrogens with one attached hydrogen (secondary N) is 1. The zero-order valence-electron chi connectivity index (χ0n) is 13.8. The van der Waals surface area contributed by atoms with E-state index < -0.39 is 0 Å². The molecule has 0 saturated heterocycles. The lowest BCUT2D eigenvalue weighted by Crippen LogP contribution is -2.39. The number of carbonyl (C=O) groups excluding carboxylic acids is 1. The highest BCUT2D eigenvalue weighted by atomic mass is 32.2. The van der Waals surface area contributed by atoms with Crippen molar-refractivity contribution in [3.05, 3.63) is 66.6 Å². The molecule has 1 amide bonds. The number of aromatic nitrogens is 2. The van der Waals surface area contributed by atoms with Crippen LogP contribution in [0.2, 0.25) is 0 Å². The van der Waals surface area contributed by atoms with E-state index in [1.54, 1.807) is 5.01 Å².